The van der Waals surface area contributed by atoms with E-state index in [4.69, 9.17) is 4.74 Å². The molecule has 1 nitrogen and oxygen atoms in total. The van der Waals surface area contributed by atoms with Gasteiger partial charge in [0.15, 0.2) is 0 Å². The highest BCUT2D eigenvalue weighted by molar-refractivity contribution is 5.42. The Morgan fingerprint density at radius 1 is 0.923 bits per heavy atom. The molecule has 0 atom stereocenters. The molecule has 13 heavy (non-hydrogen) atoms. The summed E-state index contributed by atoms with van der Waals surface area (Å²) in [6.45, 7) is 10.2. The Labute approximate surface area is 81.7 Å². The predicted octanol–water partition coefficient (Wildman–Crippen LogP) is 3.65. The highest BCUT2D eigenvalue weighted by Gasteiger charge is 2.01. The zero-order valence-electron chi connectivity index (χ0n) is 9.56. The van der Waals surface area contributed by atoms with Crippen molar-refractivity contribution in [3.8, 4) is 5.75 Å². The average Bonchev–Trinajstić information content (AvgIpc) is 2.07. The Hall–Kier alpha value is -0.980. The van der Waals surface area contributed by atoms with Crippen molar-refractivity contribution in [3.63, 3.8) is 0 Å². The van der Waals surface area contributed by atoms with E-state index in [9.17, 15) is 0 Å². The molecule has 0 spiro atoms. The van der Waals surface area contributed by atoms with Crippen molar-refractivity contribution in [2.24, 2.45) is 0 Å². The maximum absolute atomic E-state index is 5.23. The molecule has 0 N–H and O–H groups in total. The zero-order valence-corrected chi connectivity index (χ0v) is 9.56. The van der Waals surface area contributed by atoms with Gasteiger partial charge in [-0.25, -0.2) is 0 Å². The molecule has 1 rings (SSSR count). The van der Waals surface area contributed by atoms with Crippen LogP contribution in [-0.4, -0.2) is 7.11 Å². The van der Waals surface area contributed by atoms with Gasteiger partial charge in [-0.2, -0.15) is 0 Å². The Kier molecular flexibility index (Phi) is 5.20. The van der Waals surface area contributed by atoms with Gasteiger partial charge >= 0.3 is 0 Å². The first-order valence-electron chi connectivity index (χ1n) is 4.77. The summed E-state index contributed by atoms with van der Waals surface area (Å²) in [5.41, 5.74) is 3.72. The van der Waals surface area contributed by atoms with Crippen molar-refractivity contribution in [2.75, 3.05) is 7.11 Å². The minimum Gasteiger partial charge on any atom is -0.496 e. The van der Waals surface area contributed by atoms with E-state index in [1.54, 1.807) is 7.11 Å². The molecule has 0 aliphatic rings. The molecule has 0 fully saturated rings. The van der Waals surface area contributed by atoms with Crippen LogP contribution in [-0.2, 0) is 0 Å². The Bertz CT molecular complexity index is 241. The highest BCUT2D eigenvalue weighted by Crippen LogP contribution is 2.23. The van der Waals surface area contributed by atoms with E-state index >= 15 is 0 Å². The molecule has 0 saturated carbocycles. The number of benzene rings is 1. The third-order valence-corrected chi connectivity index (χ3v) is 1.81. The maximum atomic E-state index is 5.23. The molecule has 0 aliphatic carbocycles. The van der Waals surface area contributed by atoms with E-state index in [0.29, 0.717) is 0 Å². The van der Waals surface area contributed by atoms with Gasteiger partial charge < -0.3 is 4.74 Å². The molecule has 74 valence electrons. The molecule has 0 heterocycles. The summed E-state index contributed by atoms with van der Waals surface area (Å²) in [6.07, 6.45) is 0. The molecular weight excluding hydrogens is 160 g/mol. The van der Waals surface area contributed by atoms with Gasteiger partial charge in [0.1, 0.15) is 5.75 Å². The van der Waals surface area contributed by atoms with Crippen molar-refractivity contribution in [3.05, 3.63) is 28.8 Å². The number of methoxy groups -OCH3 is 1. The normalized spacial score (nSPS) is 8.77. The number of hydrogen-bond acceptors (Lipinski definition) is 1. The van der Waals surface area contributed by atoms with Crippen molar-refractivity contribution < 1.29 is 4.74 Å². The van der Waals surface area contributed by atoms with Gasteiger partial charge in [-0.1, -0.05) is 31.5 Å². The summed E-state index contributed by atoms with van der Waals surface area (Å²) < 4.78 is 5.23. The average molecular weight is 180 g/mol. The fraction of sp³-hybridized carbons (Fsp3) is 0.500. The Morgan fingerprint density at radius 2 is 1.31 bits per heavy atom. The molecule has 0 bridgehead atoms. The van der Waals surface area contributed by atoms with Gasteiger partial charge in [-0.05, 0) is 31.9 Å². The van der Waals surface area contributed by atoms with Crippen molar-refractivity contribution in [2.45, 2.75) is 34.6 Å². The maximum Gasteiger partial charge on any atom is 0.124 e. The number of aryl methyl sites for hydroxylation is 3. The van der Waals surface area contributed by atoms with Gasteiger partial charge in [0.05, 0.1) is 7.11 Å². The fourth-order valence-electron chi connectivity index (χ4n) is 1.49. The van der Waals surface area contributed by atoms with Gasteiger partial charge in [-0.15, -0.1) is 0 Å². The third kappa shape index (κ3) is 3.10. The minimum atomic E-state index is 1.01. The van der Waals surface area contributed by atoms with E-state index in [-0.39, 0.29) is 0 Å². The second kappa shape index (κ2) is 5.63. The SMILES string of the molecule is CC.COc1c(C)cc(C)cc1C. The van der Waals surface area contributed by atoms with E-state index in [1.807, 2.05) is 13.8 Å². The first-order valence-corrected chi connectivity index (χ1v) is 4.77. The molecule has 0 aromatic heterocycles. The lowest BCUT2D eigenvalue weighted by atomic mass is 10.1. The summed E-state index contributed by atoms with van der Waals surface area (Å²) >= 11 is 0. The Balaban J connectivity index is 0.000000671. The Morgan fingerprint density at radius 3 is 1.62 bits per heavy atom. The van der Waals surface area contributed by atoms with Crippen LogP contribution in [0.25, 0.3) is 0 Å². The molecule has 0 aliphatic heterocycles. The van der Waals surface area contributed by atoms with E-state index in [2.05, 4.69) is 32.9 Å². The molecule has 0 amide bonds. The third-order valence-electron chi connectivity index (χ3n) is 1.81. The van der Waals surface area contributed by atoms with Crippen LogP contribution in [0.2, 0.25) is 0 Å². The summed E-state index contributed by atoms with van der Waals surface area (Å²) in [5.74, 6) is 1.01. The first-order chi connectivity index (χ1) is 6.15. The molecule has 0 radical (unpaired) electrons. The van der Waals surface area contributed by atoms with E-state index < -0.39 is 0 Å². The number of hydrogen-bond donors (Lipinski definition) is 0. The molecule has 1 aromatic rings. The summed E-state index contributed by atoms with van der Waals surface area (Å²) in [5, 5.41) is 0. The van der Waals surface area contributed by atoms with Crippen LogP contribution in [0.3, 0.4) is 0 Å². The molecule has 0 unspecified atom stereocenters. The largest absolute Gasteiger partial charge is 0.496 e. The van der Waals surface area contributed by atoms with Crippen LogP contribution < -0.4 is 4.74 Å². The minimum absolute atomic E-state index is 1.01. The highest BCUT2D eigenvalue weighted by atomic mass is 16.5. The zero-order chi connectivity index (χ0) is 10.4. The predicted molar refractivity (Wildman–Crippen MR) is 58.6 cm³/mol. The topological polar surface area (TPSA) is 9.23 Å². The second-order valence-electron chi connectivity index (χ2n) is 2.93. The summed E-state index contributed by atoms with van der Waals surface area (Å²) in [6, 6.07) is 4.26. The van der Waals surface area contributed by atoms with Crippen LogP contribution in [0, 0.1) is 20.8 Å². The van der Waals surface area contributed by atoms with Gasteiger partial charge in [-0.3, -0.25) is 0 Å². The molecule has 0 saturated heterocycles. The van der Waals surface area contributed by atoms with Gasteiger partial charge in [0, 0.05) is 0 Å². The van der Waals surface area contributed by atoms with Crippen LogP contribution >= 0.6 is 0 Å². The monoisotopic (exact) mass is 180 g/mol. The van der Waals surface area contributed by atoms with Crippen LogP contribution in [0.4, 0.5) is 0 Å². The smallest absolute Gasteiger partial charge is 0.124 e. The van der Waals surface area contributed by atoms with E-state index in [1.165, 1.54) is 16.7 Å². The van der Waals surface area contributed by atoms with Gasteiger partial charge in [0.25, 0.3) is 0 Å². The molecule has 1 aromatic carbocycles. The first kappa shape index (κ1) is 12.0. The van der Waals surface area contributed by atoms with Crippen LogP contribution in [0.15, 0.2) is 12.1 Å². The lowest BCUT2D eigenvalue weighted by molar-refractivity contribution is 0.408. The summed E-state index contributed by atoms with van der Waals surface area (Å²) in [7, 11) is 1.71. The lowest BCUT2D eigenvalue weighted by Gasteiger charge is -2.08. The fourth-order valence-corrected chi connectivity index (χ4v) is 1.49. The van der Waals surface area contributed by atoms with Crippen molar-refractivity contribution in [1.29, 1.82) is 0 Å². The summed E-state index contributed by atoms with van der Waals surface area (Å²) in [4.78, 5) is 0. The molecule has 1 heteroatoms. The quantitative estimate of drug-likeness (QED) is 0.641. The number of ether oxygens (including phenoxy) is 1. The second-order valence-corrected chi connectivity index (χ2v) is 2.93. The van der Waals surface area contributed by atoms with E-state index in [0.717, 1.165) is 5.75 Å². The van der Waals surface area contributed by atoms with Crippen molar-refractivity contribution >= 4 is 0 Å². The van der Waals surface area contributed by atoms with Crippen LogP contribution in [0.1, 0.15) is 30.5 Å². The lowest BCUT2D eigenvalue weighted by Crippen LogP contribution is -1.91. The van der Waals surface area contributed by atoms with Crippen molar-refractivity contribution in [1.82, 2.24) is 0 Å². The number of rotatable bonds is 1. The molecular formula is C12H20O. The van der Waals surface area contributed by atoms with Crippen LogP contribution in [0.5, 0.6) is 5.75 Å². The van der Waals surface area contributed by atoms with Gasteiger partial charge in [0.2, 0.25) is 0 Å². The standard InChI is InChI=1S/C10H14O.C2H6/c1-7-5-8(2)10(11-4)9(3)6-7;1-2/h5-6H,1-4H3;1-2H3.